The highest BCUT2D eigenvalue weighted by atomic mass is 16.6. The number of aromatic hydroxyl groups is 1. The Bertz CT molecular complexity index is 743. The summed E-state index contributed by atoms with van der Waals surface area (Å²) in [6, 6.07) is 10.4. The largest absolute Gasteiger partial charge is 0.508 e. The zero-order valence-electron chi connectivity index (χ0n) is 13.4. The number of phenols is 1. The number of nitrogens with zero attached hydrogens (tertiary/aromatic N) is 1. The highest BCUT2D eigenvalue weighted by Gasteiger charge is 2.23. The first kappa shape index (κ1) is 17.3. The van der Waals surface area contributed by atoms with Crippen LogP contribution < -0.4 is 10.1 Å². The Hall–Kier alpha value is -3.09. The molecule has 1 amide bonds. The molecule has 2 N–H and O–H groups in total. The van der Waals surface area contributed by atoms with Gasteiger partial charge in [-0.25, -0.2) is 0 Å². The number of ether oxygens (including phenoxy) is 1. The SMILES string of the molecule is CC[C@@H](NC(=O)c1ccc(O)cc1[N+](=O)[O-])c1ccc(OC)cc1. The van der Waals surface area contributed by atoms with Gasteiger partial charge in [0.05, 0.1) is 24.1 Å². The molecule has 0 unspecified atom stereocenters. The Morgan fingerprint density at radius 1 is 1.29 bits per heavy atom. The molecule has 0 heterocycles. The molecule has 0 aromatic heterocycles. The molecule has 0 aliphatic heterocycles. The summed E-state index contributed by atoms with van der Waals surface area (Å²) in [5, 5.41) is 23.2. The summed E-state index contributed by atoms with van der Waals surface area (Å²) >= 11 is 0. The molecule has 0 fully saturated rings. The number of phenolic OH excluding ortho intramolecular Hbond substituents is 1. The van der Waals surface area contributed by atoms with E-state index in [1.807, 2.05) is 19.1 Å². The molecule has 2 aromatic carbocycles. The second-order valence-corrected chi connectivity index (χ2v) is 5.17. The van der Waals surface area contributed by atoms with Crippen molar-refractivity contribution in [1.82, 2.24) is 5.32 Å². The highest BCUT2D eigenvalue weighted by Crippen LogP contribution is 2.26. The second kappa shape index (κ2) is 7.45. The number of nitro groups is 1. The van der Waals surface area contributed by atoms with Gasteiger partial charge >= 0.3 is 0 Å². The third kappa shape index (κ3) is 3.81. The van der Waals surface area contributed by atoms with E-state index in [1.54, 1.807) is 19.2 Å². The summed E-state index contributed by atoms with van der Waals surface area (Å²) in [5.41, 5.74) is 0.343. The van der Waals surface area contributed by atoms with Crippen LogP contribution in [0, 0.1) is 10.1 Å². The Morgan fingerprint density at radius 2 is 1.96 bits per heavy atom. The van der Waals surface area contributed by atoms with Gasteiger partial charge in [0.1, 0.15) is 17.1 Å². The van der Waals surface area contributed by atoms with Crippen molar-refractivity contribution in [2.45, 2.75) is 19.4 Å². The average molecular weight is 330 g/mol. The number of methoxy groups -OCH3 is 1. The quantitative estimate of drug-likeness (QED) is 0.625. The summed E-state index contributed by atoms with van der Waals surface area (Å²) in [4.78, 5) is 22.8. The number of carbonyl (C=O) groups is 1. The van der Waals surface area contributed by atoms with Crippen molar-refractivity contribution in [3.63, 3.8) is 0 Å². The zero-order valence-corrected chi connectivity index (χ0v) is 13.4. The van der Waals surface area contributed by atoms with Gasteiger partial charge in [0, 0.05) is 0 Å². The molecule has 7 nitrogen and oxygen atoms in total. The van der Waals surface area contributed by atoms with E-state index in [9.17, 15) is 20.0 Å². The van der Waals surface area contributed by atoms with Crippen molar-refractivity contribution in [3.8, 4) is 11.5 Å². The minimum Gasteiger partial charge on any atom is -0.508 e. The van der Waals surface area contributed by atoms with Crippen LogP contribution in [0.3, 0.4) is 0 Å². The van der Waals surface area contributed by atoms with E-state index in [1.165, 1.54) is 12.1 Å². The van der Waals surface area contributed by atoms with E-state index in [0.29, 0.717) is 12.2 Å². The predicted molar refractivity (Wildman–Crippen MR) is 88.3 cm³/mol. The van der Waals surface area contributed by atoms with E-state index in [2.05, 4.69) is 5.32 Å². The number of amides is 1. The molecule has 7 heteroatoms. The van der Waals surface area contributed by atoms with E-state index >= 15 is 0 Å². The minimum absolute atomic E-state index is 0.0928. The third-order valence-electron chi connectivity index (χ3n) is 3.65. The predicted octanol–water partition coefficient (Wildman–Crippen LogP) is 3.19. The molecule has 0 bridgehead atoms. The van der Waals surface area contributed by atoms with Gasteiger partial charge in [-0.05, 0) is 36.2 Å². The maximum Gasteiger partial charge on any atom is 0.285 e. The molecule has 1 atom stereocenters. The number of rotatable bonds is 6. The number of nitro benzene ring substituents is 1. The lowest BCUT2D eigenvalue weighted by molar-refractivity contribution is -0.385. The first-order chi connectivity index (χ1) is 11.5. The van der Waals surface area contributed by atoms with Crippen molar-refractivity contribution in [1.29, 1.82) is 0 Å². The summed E-state index contributed by atoms with van der Waals surface area (Å²) in [6.45, 7) is 1.90. The lowest BCUT2D eigenvalue weighted by Gasteiger charge is -2.18. The van der Waals surface area contributed by atoms with Crippen molar-refractivity contribution in [2.75, 3.05) is 7.11 Å². The van der Waals surface area contributed by atoms with Crippen LogP contribution in [0.2, 0.25) is 0 Å². The molecule has 0 radical (unpaired) electrons. The van der Waals surface area contributed by atoms with Gasteiger partial charge < -0.3 is 15.2 Å². The average Bonchev–Trinajstić information content (AvgIpc) is 2.59. The van der Waals surface area contributed by atoms with Gasteiger partial charge in [-0.3, -0.25) is 14.9 Å². The minimum atomic E-state index is -0.692. The standard InChI is InChI=1S/C17H18N2O5/c1-3-15(11-4-7-13(24-2)8-5-11)18-17(21)14-9-6-12(20)10-16(14)19(22)23/h4-10,15,20H,3H2,1-2H3,(H,18,21)/t15-/m1/s1. The molecule has 2 aromatic rings. The Labute approximate surface area is 139 Å². The van der Waals surface area contributed by atoms with Crippen LogP contribution in [0.15, 0.2) is 42.5 Å². The second-order valence-electron chi connectivity index (χ2n) is 5.17. The summed E-state index contributed by atoms with van der Waals surface area (Å²) in [5.74, 6) is -0.126. The number of hydrogen-bond acceptors (Lipinski definition) is 5. The van der Waals surface area contributed by atoms with Crippen LogP contribution in [0.1, 0.15) is 35.3 Å². The van der Waals surface area contributed by atoms with Crippen LogP contribution >= 0.6 is 0 Å². The molecule has 0 aliphatic rings. The first-order valence-corrected chi connectivity index (χ1v) is 7.38. The fourth-order valence-electron chi connectivity index (χ4n) is 2.36. The number of nitrogens with one attached hydrogen (secondary N) is 1. The number of benzene rings is 2. The lowest BCUT2D eigenvalue weighted by atomic mass is 10.0. The topological polar surface area (TPSA) is 102 Å². The maximum absolute atomic E-state index is 12.4. The lowest BCUT2D eigenvalue weighted by Crippen LogP contribution is -2.28. The summed E-state index contributed by atoms with van der Waals surface area (Å²) in [6.07, 6.45) is 0.615. The van der Waals surface area contributed by atoms with Crippen LogP contribution in [-0.4, -0.2) is 23.0 Å². The van der Waals surface area contributed by atoms with Crippen molar-refractivity contribution < 1.29 is 19.6 Å². The molecular formula is C17H18N2O5. The van der Waals surface area contributed by atoms with Gasteiger partial charge in [0.2, 0.25) is 0 Å². The monoisotopic (exact) mass is 330 g/mol. The Morgan fingerprint density at radius 3 is 2.50 bits per heavy atom. The summed E-state index contributed by atoms with van der Waals surface area (Å²) in [7, 11) is 1.57. The number of hydrogen-bond donors (Lipinski definition) is 2. The Balaban J connectivity index is 2.24. The molecule has 0 spiro atoms. The smallest absolute Gasteiger partial charge is 0.285 e. The fourth-order valence-corrected chi connectivity index (χ4v) is 2.36. The molecular weight excluding hydrogens is 312 g/mol. The molecule has 2 rings (SSSR count). The molecule has 0 aliphatic carbocycles. The van der Waals surface area contributed by atoms with Crippen LogP contribution in [0.5, 0.6) is 11.5 Å². The van der Waals surface area contributed by atoms with E-state index < -0.39 is 16.5 Å². The Kier molecular flexibility index (Phi) is 5.36. The molecule has 24 heavy (non-hydrogen) atoms. The van der Waals surface area contributed by atoms with Gasteiger partial charge in [-0.1, -0.05) is 19.1 Å². The van der Waals surface area contributed by atoms with E-state index in [-0.39, 0.29) is 17.4 Å². The normalized spacial score (nSPS) is 11.6. The highest BCUT2D eigenvalue weighted by molar-refractivity contribution is 5.98. The van der Waals surface area contributed by atoms with Gasteiger partial charge in [0.15, 0.2) is 0 Å². The zero-order chi connectivity index (χ0) is 17.7. The number of carbonyl (C=O) groups excluding carboxylic acids is 1. The van der Waals surface area contributed by atoms with Gasteiger partial charge in [0.25, 0.3) is 11.6 Å². The molecule has 126 valence electrons. The third-order valence-corrected chi connectivity index (χ3v) is 3.65. The fraction of sp³-hybridized carbons (Fsp3) is 0.235. The summed E-state index contributed by atoms with van der Waals surface area (Å²) < 4.78 is 5.10. The van der Waals surface area contributed by atoms with Crippen LogP contribution in [0.25, 0.3) is 0 Å². The molecule has 0 saturated carbocycles. The van der Waals surface area contributed by atoms with E-state index in [0.717, 1.165) is 11.6 Å². The van der Waals surface area contributed by atoms with Crippen molar-refractivity contribution in [2.24, 2.45) is 0 Å². The van der Waals surface area contributed by atoms with Gasteiger partial charge in [-0.2, -0.15) is 0 Å². The van der Waals surface area contributed by atoms with Crippen molar-refractivity contribution >= 4 is 11.6 Å². The van der Waals surface area contributed by atoms with Gasteiger partial charge in [-0.15, -0.1) is 0 Å². The van der Waals surface area contributed by atoms with Crippen LogP contribution in [0.4, 0.5) is 5.69 Å². The van der Waals surface area contributed by atoms with E-state index in [4.69, 9.17) is 4.74 Å². The molecule has 0 saturated heterocycles. The van der Waals surface area contributed by atoms with Crippen molar-refractivity contribution in [3.05, 3.63) is 63.7 Å². The first-order valence-electron chi connectivity index (χ1n) is 7.38. The maximum atomic E-state index is 12.4. The van der Waals surface area contributed by atoms with Crippen LogP contribution in [-0.2, 0) is 0 Å².